The summed E-state index contributed by atoms with van der Waals surface area (Å²) in [7, 11) is 0. The molecule has 0 saturated heterocycles. The molecule has 1 aromatic rings. The van der Waals surface area contributed by atoms with Gasteiger partial charge in [0.1, 0.15) is 11.4 Å². The summed E-state index contributed by atoms with van der Waals surface area (Å²) in [6, 6.07) is -0.343. The minimum absolute atomic E-state index is 0.168. The van der Waals surface area contributed by atoms with Crippen LogP contribution in [0.15, 0.2) is 17.0 Å². The molecule has 0 aliphatic rings. The highest BCUT2D eigenvalue weighted by Crippen LogP contribution is 2.49. The predicted molar refractivity (Wildman–Crippen MR) is 48.3 cm³/mol. The molecule has 0 spiro atoms. The summed E-state index contributed by atoms with van der Waals surface area (Å²) in [4.78, 5) is -2.25. The van der Waals surface area contributed by atoms with Crippen LogP contribution in [0.3, 0.4) is 0 Å². The Hall–Kier alpha value is -1.13. The van der Waals surface area contributed by atoms with Crippen molar-refractivity contribution in [3.8, 4) is 0 Å². The molecule has 0 fully saturated rings. The minimum atomic E-state index is -5.70. The van der Waals surface area contributed by atoms with E-state index < -0.39 is 51.5 Å². The number of hydrogen-bond acceptors (Lipinski definition) is 1. The SMILES string of the molecule is Fc1ccc(C(F)(F)F)c(SC(F)(F)F)c1C(F)(F)F. The number of rotatable bonds is 1. The molecular weight excluding hydrogens is 330 g/mol. The van der Waals surface area contributed by atoms with Crippen molar-refractivity contribution < 1.29 is 43.9 Å². The molecule has 0 atom stereocenters. The van der Waals surface area contributed by atoms with Gasteiger partial charge in [-0.2, -0.15) is 39.5 Å². The van der Waals surface area contributed by atoms with Crippen LogP contribution in [0.1, 0.15) is 11.1 Å². The van der Waals surface area contributed by atoms with E-state index in [1.54, 1.807) is 0 Å². The summed E-state index contributed by atoms with van der Waals surface area (Å²) in [6.07, 6.45) is -11.2. The van der Waals surface area contributed by atoms with Gasteiger partial charge in [-0.15, -0.1) is 0 Å². The topological polar surface area (TPSA) is 0 Å². The third-order valence-corrected chi connectivity index (χ3v) is 2.77. The Labute approximate surface area is 108 Å². The summed E-state index contributed by atoms with van der Waals surface area (Å²) < 4.78 is 124. The van der Waals surface area contributed by atoms with Gasteiger partial charge in [-0.3, -0.25) is 0 Å². The van der Waals surface area contributed by atoms with E-state index in [9.17, 15) is 43.9 Å². The van der Waals surface area contributed by atoms with Gasteiger partial charge in [-0.25, -0.2) is 4.39 Å². The second-order valence-corrected chi connectivity index (χ2v) is 4.42. The first-order valence-corrected chi connectivity index (χ1v) is 5.28. The first-order valence-electron chi connectivity index (χ1n) is 4.46. The lowest BCUT2D eigenvalue weighted by Gasteiger charge is -2.19. The largest absolute Gasteiger partial charge is 0.446 e. The standard InChI is InChI=1S/C9H2F10S/c10-4-2-1-3(7(11,12)13)6(20-9(17,18)19)5(4)8(14,15)16/h1-2H. The zero-order valence-electron chi connectivity index (χ0n) is 8.84. The molecule has 0 unspecified atom stereocenters. The van der Waals surface area contributed by atoms with Crippen molar-refractivity contribution in [1.29, 1.82) is 0 Å². The lowest BCUT2D eigenvalue weighted by molar-refractivity contribution is -0.149. The predicted octanol–water partition coefficient (Wildman–Crippen LogP) is 5.48. The van der Waals surface area contributed by atoms with Gasteiger partial charge in [0.15, 0.2) is 0 Å². The molecule has 0 aliphatic heterocycles. The molecule has 0 amide bonds. The fourth-order valence-electron chi connectivity index (χ4n) is 1.27. The third-order valence-electron chi connectivity index (χ3n) is 1.91. The monoisotopic (exact) mass is 332 g/mol. The molecule has 1 aromatic carbocycles. The molecule has 0 saturated carbocycles. The first kappa shape index (κ1) is 16.9. The number of benzene rings is 1. The summed E-state index contributed by atoms with van der Waals surface area (Å²) in [6.45, 7) is 0. The second-order valence-electron chi connectivity index (χ2n) is 3.34. The smallest absolute Gasteiger partial charge is 0.206 e. The molecule has 0 aliphatic carbocycles. The fourth-order valence-corrected chi connectivity index (χ4v) is 2.11. The van der Waals surface area contributed by atoms with Crippen molar-refractivity contribution in [2.24, 2.45) is 0 Å². The highest BCUT2D eigenvalue weighted by Gasteiger charge is 2.46. The van der Waals surface area contributed by atoms with Gasteiger partial charge < -0.3 is 0 Å². The van der Waals surface area contributed by atoms with Crippen LogP contribution in [0.25, 0.3) is 0 Å². The van der Waals surface area contributed by atoms with Crippen molar-refractivity contribution in [3.63, 3.8) is 0 Å². The van der Waals surface area contributed by atoms with Crippen LogP contribution in [-0.2, 0) is 12.4 Å². The Balaban J connectivity index is 3.65. The maximum Gasteiger partial charge on any atom is 0.446 e. The zero-order chi connectivity index (χ0) is 15.9. The summed E-state index contributed by atoms with van der Waals surface area (Å²) in [5.41, 5.74) is -10.2. The number of alkyl halides is 9. The van der Waals surface area contributed by atoms with Crippen LogP contribution in [-0.4, -0.2) is 5.51 Å². The van der Waals surface area contributed by atoms with Crippen LogP contribution >= 0.6 is 11.8 Å². The van der Waals surface area contributed by atoms with Crippen molar-refractivity contribution in [2.75, 3.05) is 0 Å². The summed E-state index contributed by atoms with van der Waals surface area (Å²) >= 11 is -1.66. The molecule has 0 aromatic heterocycles. The van der Waals surface area contributed by atoms with Gasteiger partial charge in [0.25, 0.3) is 0 Å². The van der Waals surface area contributed by atoms with Gasteiger partial charge in [-0.05, 0) is 23.9 Å². The Morgan fingerprint density at radius 3 is 1.60 bits per heavy atom. The maximum absolute atomic E-state index is 13.0. The van der Waals surface area contributed by atoms with E-state index in [0.29, 0.717) is 0 Å². The average Bonchev–Trinajstić information content (AvgIpc) is 2.09. The Bertz CT molecular complexity index is 495. The fraction of sp³-hybridized carbons (Fsp3) is 0.333. The van der Waals surface area contributed by atoms with Gasteiger partial charge in [-0.1, -0.05) is 0 Å². The van der Waals surface area contributed by atoms with Crippen molar-refractivity contribution in [1.82, 2.24) is 0 Å². The van der Waals surface area contributed by atoms with E-state index in [1.807, 2.05) is 0 Å². The van der Waals surface area contributed by atoms with Gasteiger partial charge in [0.2, 0.25) is 0 Å². The van der Waals surface area contributed by atoms with E-state index in [-0.39, 0.29) is 12.1 Å². The summed E-state index contributed by atoms with van der Waals surface area (Å²) in [5.74, 6) is -2.21. The first-order chi connectivity index (χ1) is 8.73. The van der Waals surface area contributed by atoms with Crippen molar-refractivity contribution >= 4 is 11.8 Å². The van der Waals surface area contributed by atoms with E-state index in [0.717, 1.165) is 0 Å². The lowest BCUT2D eigenvalue weighted by atomic mass is 10.1. The normalized spacial score (nSPS) is 13.7. The molecule has 0 heterocycles. The lowest BCUT2D eigenvalue weighted by Crippen LogP contribution is -2.17. The van der Waals surface area contributed by atoms with E-state index in [4.69, 9.17) is 0 Å². The summed E-state index contributed by atoms with van der Waals surface area (Å²) in [5, 5.41) is 0. The van der Waals surface area contributed by atoms with Crippen molar-refractivity contribution in [2.45, 2.75) is 22.8 Å². The minimum Gasteiger partial charge on any atom is -0.206 e. The Morgan fingerprint density at radius 2 is 1.25 bits per heavy atom. The molecule has 0 nitrogen and oxygen atoms in total. The van der Waals surface area contributed by atoms with Crippen LogP contribution in [0.5, 0.6) is 0 Å². The van der Waals surface area contributed by atoms with Gasteiger partial charge >= 0.3 is 17.9 Å². The van der Waals surface area contributed by atoms with Crippen LogP contribution in [0.4, 0.5) is 43.9 Å². The molecule has 0 radical (unpaired) electrons. The zero-order valence-corrected chi connectivity index (χ0v) is 9.66. The molecule has 0 bridgehead atoms. The van der Waals surface area contributed by atoms with E-state index in [2.05, 4.69) is 0 Å². The van der Waals surface area contributed by atoms with E-state index >= 15 is 0 Å². The quantitative estimate of drug-likeness (QED) is 0.485. The Kier molecular flexibility index (Phi) is 4.24. The number of thioether (sulfide) groups is 1. The van der Waals surface area contributed by atoms with Crippen molar-refractivity contribution in [3.05, 3.63) is 29.1 Å². The van der Waals surface area contributed by atoms with Gasteiger partial charge in [0, 0.05) is 4.90 Å². The maximum atomic E-state index is 13.0. The molecule has 0 N–H and O–H groups in total. The molecule has 20 heavy (non-hydrogen) atoms. The second kappa shape index (κ2) is 5.01. The van der Waals surface area contributed by atoms with Gasteiger partial charge in [0.05, 0.1) is 5.56 Å². The van der Waals surface area contributed by atoms with Crippen LogP contribution < -0.4 is 0 Å². The highest BCUT2D eigenvalue weighted by molar-refractivity contribution is 8.00. The van der Waals surface area contributed by atoms with Crippen LogP contribution in [0, 0.1) is 5.82 Å². The average molecular weight is 332 g/mol. The third kappa shape index (κ3) is 3.93. The molecule has 114 valence electrons. The van der Waals surface area contributed by atoms with E-state index in [1.165, 1.54) is 0 Å². The molecule has 11 heteroatoms. The molecule has 1 rings (SSSR count). The van der Waals surface area contributed by atoms with Crippen LogP contribution in [0.2, 0.25) is 0 Å². The highest BCUT2D eigenvalue weighted by atomic mass is 32.2. The molecular formula is C9H2F10S. The number of halogens is 10. The Morgan fingerprint density at radius 1 is 0.750 bits per heavy atom. The number of hydrogen-bond donors (Lipinski definition) is 0.